The van der Waals surface area contributed by atoms with Crippen LogP contribution in [0.1, 0.15) is 0 Å². The van der Waals surface area contributed by atoms with Crippen molar-refractivity contribution in [2.75, 3.05) is 5.73 Å². The molecule has 1 aromatic carbocycles. The van der Waals surface area contributed by atoms with Gasteiger partial charge in [0.15, 0.2) is 0 Å². The zero-order valence-electron chi connectivity index (χ0n) is 9.01. The molecular weight excluding hydrogens is 318 g/mol. The summed E-state index contributed by atoms with van der Waals surface area (Å²) in [6.45, 7) is 0. The maximum atomic E-state index is 6.13. The van der Waals surface area contributed by atoms with E-state index in [2.05, 4.69) is 31.0 Å². The summed E-state index contributed by atoms with van der Waals surface area (Å²) in [6.07, 6.45) is 3.35. The maximum absolute atomic E-state index is 6.13. The summed E-state index contributed by atoms with van der Waals surface area (Å²) in [7, 11) is 0. The van der Waals surface area contributed by atoms with Crippen molar-refractivity contribution in [2.45, 2.75) is 0 Å². The first-order chi connectivity index (χ1) is 8.63. The minimum Gasteiger partial charge on any atom is -0.399 e. The third-order valence-corrected chi connectivity index (χ3v) is 3.12. The summed E-state index contributed by atoms with van der Waals surface area (Å²) in [5.41, 5.74) is 7.83. The van der Waals surface area contributed by atoms with Crippen molar-refractivity contribution < 1.29 is 0 Å². The summed E-state index contributed by atoms with van der Waals surface area (Å²) in [6, 6.07) is 5.26. The molecule has 0 fully saturated rings. The molecule has 0 aliphatic rings. The molecule has 2 aromatic heterocycles. The second-order valence-electron chi connectivity index (χ2n) is 3.69. The zero-order chi connectivity index (χ0) is 12.7. The van der Waals surface area contributed by atoms with Crippen LogP contribution in [0.5, 0.6) is 0 Å². The fraction of sp³-hybridized carbons (Fsp3) is 0. The molecule has 3 aromatic rings. The highest BCUT2D eigenvalue weighted by Gasteiger charge is 2.10. The average molecular weight is 325 g/mol. The molecule has 2 N–H and O–H groups in total. The highest BCUT2D eigenvalue weighted by molar-refractivity contribution is 9.10. The summed E-state index contributed by atoms with van der Waals surface area (Å²) in [5.74, 6) is 0.506. The molecule has 0 amide bonds. The van der Waals surface area contributed by atoms with Crippen LogP contribution < -0.4 is 5.73 Å². The fourth-order valence-electron chi connectivity index (χ4n) is 1.63. The Hall–Kier alpha value is -1.66. The smallest absolute Gasteiger partial charge is 0.251 e. The van der Waals surface area contributed by atoms with Gasteiger partial charge in [-0.15, -0.1) is 0 Å². The van der Waals surface area contributed by atoms with E-state index in [1.165, 1.54) is 0 Å². The molecular formula is C11H7BrClN5. The lowest BCUT2D eigenvalue weighted by Crippen LogP contribution is -1.92. The first-order valence-electron chi connectivity index (χ1n) is 5.07. The van der Waals surface area contributed by atoms with Gasteiger partial charge in [0.05, 0.1) is 23.1 Å². The van der Waals surface area contributed by atoms with Crippen LogP contribution in [0.25, 0.3) is 17.0 Å². The monoisotopic (exact) mass is 323 g/mol. The molecule has 18 heavy (non-hydrogen) atoms. The van der Waals surface area contributed by atoms with Crippen LogP contribution in [0.3, 0.4) is 0 Å². The minimum absolute atomic E-state index is 0.506. The molecule has 3 rings (SSSR count). The Morgan fingerprint density at radius 3 is 3.00 bits per heavy atom. The van der Waals surface area contributed by atoms with Gasteiger partial charge in [-0.3, -0.25) is 0 Å². The van der Waals surface area contributed by atoms with E-state index in [0.717, 1.165) is 5.56 Å². The first kappa shape index (κ1) is 11.4. The van der Waals surface area contributed by atoms with Crippen molar-refractivity contribution in [3.63, 3.8) is 0 Å². The number of fused-ring (bicyclic) bond motifs is 1. The Kier molecular flexibility index (Phi) is 2.68. The standard InChI is InChI=1S/C11H7BrClN5/c12-10-4-15-11-16-9(5-18(11)17-10)7-3-6(14)1-2-8(7)13/h1-5H,14H2. The molecule has 2 heterocycles. The number of aromatic nitrogens is 4. The Morgan fingerprint density at radius 2 is 2.17 bits per heavy atom. The van der Waals surface area contributed by atoms with Crippen molar-refractivity contribution in [3.8, 4) is 11.3 Å². The molecule has 0 aliphatic heterocycles. The summed E-state index contributed by atoms with van der Waals surface area (Å²) < 4.78 is 2.22. The van der Waals surface area contributed by atoms with Crippen LogP contribution >= 0.6 is 27.5 Å². The number of hydrogen-bond donors (Lipinski definition) is 1. The summed E-state index contributed by atoms with van der Waals surface area (Å²) in [4.78, 5) is 8.50. The number of benzene rings is 1. The number of nitrogens with zero attached hydrogens (tertiary/aromatic N) is 4. The van der Waals surface area contributed by atoms with Gasteiger partial charge in [0, 0.05) is 11.3 Å². The van der Waals surface area contributed by atoms with Gasteiger partial charge in [-0.1, -0.05) is 11.6 Å². The minimum atomic E-state index is 0.506. The van der Waals surface area contributed by atoms with E-state index in [1.54, 1.807) is 35.1 Å². The van der Waals surface area contributed by atoms with Gasteiger partial charge >= 0.3 is 0 Å². The van der Waals surface area contributed by atoms with Gasteiger partial charge in [-0.25, -0.2) is 14.5 Å². The predicted octanol–water partition coefficient (Wildman–Crippen LogP) is 2.79. The van der Waals surface area contributed by atoms with Gasteiger partial charge in [-0.05, 0) is 34.1 Å². The normalized spacial score (nSPS) is 11.0. The van der Waals surface area contributed by atoms with E-state index in [1.807, 2.05) is 0 Å². The quantitative estimate of drug-likeness (QED) is 0.699. The van der Waals surface area contributed by atoms with Crippen molar-refractivity contribution in [2.24, 2.45) is 0 Å². The zero-order valence-corrected chi connectivity index (χ0v) is 11.4. The number of rotatable bonds is 1. The van der Waals surface area contributed by atoms with Crippen LogP contribution in [0.4, 0.5) is 5.69 Å². The molecule has 0 atom stereocenters. The summed E-state index contributed by atoms with van der Waals surface area (Å²) in [5, 5.41) is 4.80. The van der Waals surface area contributed by atoms with Crippen LogP contribution in [-0.2, 0) is 0 Å². The van der Waals surface area contributed by atoms with Crippen molar-refractivity contribution in [3.05, 3.63) is 40.2 Å². The van der Waals surface area contributed by atoms with E-state index < -0.39 is 0 Å². The van der Waals surface area contributed by atoms with E-state index in [4.69, 9.17) is 17.3 Å². The Balaban J connectivity index is 2.22. The van der Waals surface area contributed by atoms with E-state index in [0.29, 0.717) is 26.8 Å². The molecule has 5 nitrogen and oxygen atoms in total. The van der Waals surface area contributed by atoms with Crippen LogP contribution in [0.2, 0.25) is 5.02 Å². The van der Waals surface area contributed by atoms with Gasteiger partial charge in [0.2, 0.25) is 0 Å². The van der Waals surface area contributed by atoms with Crippen LogP contribution in [-0.4, -0.2) is 19.6 Å². The molecule has 0 unspecified atom stereocenters. The Bertz CT molecular complexity index is 739. The number of hydrogen-bond acceptors (Lipinski definition) is 4. The number of halogens is 2. The molecule has 0 spiro atoms. The van der Waals surface area contributed by atoms with E-state index >= 15 is 0 Å². The first-order valence-corrected chi connectivity index (χ1v) is 6.24. The molecule has 0 saturated heterocycles. The van der Waals surface area contributed by atoms with Crippen molar-refractivity contribution in [1.29, 1.82) is 0 Å². The van der Waals surface area contributed by atoms with E-state index in [-0.39, 0.29) is 0 Å². The Labute approximate surface area is 116 Å². The molecule has 90 valence electrons. The Morgan fingerprint density at radius 1 is 1.33 bits per heavy atom. The molecule has 7 heteroatoms. The highest BCUT2D eigenvalue weighted by Crippen LogP contribution is 2.28. The van der Waals surface area contributed by atoms with Gasteiger partial charge in [0.25, 0.3) is 5.78 Å². The van der Waals surface area contributed by atoms with Crippen molar-refractivity contribution in [1.82, 2.24) is 19.6 Å². The topological polar surface area (TPSA) is 69.1 Å². The molecule has 0 bridgehead atoms. The lowest BCUT2D eigenvalue weighted by Gasteiger charge is -2.01. The summed E-state index contributed by atoms with van der Waals surface area (Å²) >= 11 is 9.39. The molecule has 0 aliphatic carbocycles. The second kappa shape index (κ2) is 4.22. The van der Waals surface area contributed by atoms with Gasteiger partial charge in [0.1, 0.15) is 4.60 Å². The second-order valence-corrected chi connectivity index (χ2v) is 4.91. The molecule has 0 saturated carbocycles. The SMILES string of the molecule is Nc1ccc(Cl)c(-c2cn3nc(Br)cnc3n2)c1. The van der Waals surface area contributed by atoms with Gasteiger partial charge in [-0.2, -0.15) is 5.10 Å². The molecule has 0 radical (unpaired) electrons. The van der Waals surface area contributed by atoms with Crippen LogP contribution in [0.15, 0.2) is 35.2 Å². The number of imidazole rings is 1. The predicted molar refractivity (Wildman–Crippen MR) is 73.3 cm³/mol. The third kappa shape index (κ3) is 1.93. The highest BCUT2D eigenvalue weighted by atomic mass is 79.9. The average Bonchev–Trinajstić information content (AvgIpc) is 2.74. The van der Waals surface area contributed by atoms with E-state index in [9.17, 15) is 0 Å². The lowest BCUT2D eigenvalue weighted by atomic mass is 10.1. The number of nitrogen functional groups attached to an aromatic ring is 1. The third-order valence-electron chi connectivity index (χ3n) is 2.43. The van der Waals surface area contributed by atoms with Crippen molar-refractivity contribution >= 4 is 39.0 Å². The van der Waals surface area contributed by atoms with Crippen LogP contribution in [0, 0.1) is 0 Å². The number of nitrogens with two attached hydrogens (primary N) is 1. The number of anilines is 1. The lowest BCUT2D eigenvalue weighted by molar-refractivity contribution is 0.883. The largest absolute Gasteiger partial charge is 0.399 e. The maximum Gasteiger partial charge on any atom is 0.251 e. The van der Waals surface area contributed by atoms with Gasteiger partial charge < -0.3 is 5.73 Å². The fourth-order valence-corrected chi connectivity index (χ4v) is 2.12.